The molecule has 5 heteroatoms. The monoisotopic (exact) mass is 352 g/mol. The number of halogens is 4. The molecule has 0 nitrogen and oxygen atoms in total. The summed E-state index contributed by atoms with van der Waals surface area (Å²) >= 11 is 16.7. The maximum atomic E-state index is 14.0. The first-order valence-corrected chi connectivity index (χ1v) is 7.33. The highest BCUT2D eigenvalue weighted by atomic mass is 79.9. The first-order chi connectivity index (χ1) is 8.00. The summed E-state index contributed by atoms with van der Waals surface area (Å²) < 4.78 is 15.2. The highest BCUT2D eigenvalue weighted by molar-refractivity contribution is 9.09. The van der Waals surface area contributed by atoms with E-state index < -0.39 is 0 Å². The molecule has 0 spiro atoms. The van der Waals surface area contributed by atoms with E-state index in [0.29, 0.717) is 19.8 Å². The number of thiophene rings is 1. The van der Waals surface area contributed by atoms with Crippen molar-refractivity contribution in [3.05, 3.63) is 55.4 Å². The van der Waals surface area contributed by atoms with Crippen molar-refractivity contribution in [2.75, 3.05) is 0 Å². The third kappa shape index (κ3) is 2.68. The summed E-state index contributed by atoms with van der Waals surface area (Å²) in [7, 11) is 0. The van der Waals surface area contributed by atoms with Gasteiger partial charge in [0.05, 0.1) is 13.5 Å². The Kier molecular flexibility index (Phi) is 4.14. The first kappa shape index (κ1) is 13.3. The van der Waals surface area contributed by atoms with E-state index in [1.165, 1.54) is 11.3 Å². The molecule has 2 rings (SSSR count). The van der Waals surface area contributed by atoms with Crippen molar-refractivity contribution >= 4 is 50.5 Å². The normalized spacial score (nSPS) is 12.8. The van der Waals surface area contributed by atoms with E-state index in [9.17, 15) is 4.39 Å². The summed E-state index contributed by atoms with van der Waals surface area (Å²) in [6.07, 6.45) is 0. The Morgan fingerprint density at radius 2 is 2.00 bits per heavy atom. The van der Waals surface area contributed by atoms with Crippen molar-refractivity contribution in [2.45, 2.75) is 11.8 Å². The molecule has 0 radical (unpaired) electrons. The molecule has 0 saturated carbocycles. The Morgan fingerprint density at radius 3 is 2.59 bits per heavy atom. The Hall–Kier alpha value is -0.0900. The van der Waals surface area contributed by atoms with Crippen molar-refractivity contribution in [3.8, 4) is 0 Å². The van der Waals surface area contributed by atoms with Crippen LogP contribution in [0.5, 0.6) is 0 Å². The van der Waals surface area contributed by atoms with Crippen LogP contribution in [0.4, 0.5) is 4.39 Å². The van der Waals surface area contributed by atoms with Crippen LogP contribution < -0.4 is 0 Å². The second kappa shape index (κ2) is 5.27. The van der Waals surface area contributed by atoms with Gasteiger partial charge < -0.3 is 0 Å². The SMILES string of the molecule is Cc1cccc(C(Br)c2cc(Cl)sc2Cl)c1F. The maximum absolute atomic E-state index is 14.0. The Balaban J connectivity index is 2.47. The second-order valence-corrected chi connectivity index (χ2v) is 6.82. The molecular weight excluding hydrogens is 346 g/mol. The third-order valence-corrected chi connectivity index (χ3v) is 4.96. The summed E-state index contributed by atoms with van der Waals surface area (Å²) in [5.41, 5.74) is 1.98. The van der Waals surface area contributed by atoms with Gasteiger partial charge in [-0.2, -0.15) is 0 Å². The Morgan fingerprint density at radius 1 is 1.29 bits per heavy atom. The standard InChI is InChI=1S/C12H8BrCl2FS/c1-6-3-2-4-7(11(6)16)10(13)8-5-9(14)17-12(8)15/h2-5,10H,1H3. The molecule has 17 heavy (non-hydrogen) atoms. The minimum Gasteiger partial charge on any atom is -0.206 e. The van der Waals surface area contributed by atoms with Crippen molar-refractivity contribution in [2.24, 2.45) is 0 Å². The van der Waals surface area contributed by atoms with Gasteiger partial charge in [0.25, 0.3) is 0 Å². The summed E-state index contributed by atoms with van der Waals surface area (Å²) in [6, 6.07) is 7.06. The van der Waals surface area contributed by atoms with Crippen LogP contribution in [-0.4, -0.2) is 0 Å². The van der Waals surface area contributed by atoms with E-state index in [2.05, 4.69) is 15.9 Å². The van der Waals surface area contributed by atoms with E-state index in [1.54, 1.807) is 25.1 Å². The van der Waals surface area contributed by atoms with Crippen LogP contribution in [-0.2, 0) is 0 Å². The lowest BCUT2D eigenvalue weighted by Crippen LogP contribution is -1.97. The van der Waals surface area contributed by atoms with Crippen molar-refractivity contribution < 1.29 is 4.39 Å². The summed E-state index contributed by atoms with van der Waals surface area (Å²) in [4.78, 5) is -0.279. The lowest BCUT2D eigenvalue weighted by molar-refractivity contribution is 0.604. The molecule has 0 aliphatic rings. The molecule has 0 amide bonds. The van der Waals surface area contributed by atoms with Crippen LogP contribution in [0.15, 0.2) is 24.3 Å². The zero-order valence-corrected chi connectivity index (χ0v) is 12.7. The fourth-order valence-corrected chi connectivity index (χ4v) is 4.09. The van der Waals surface area contributed by atoms with Gasteiger partial charge in [-0.05, 0) is 18.6 Å². The van der Waals surface area contributed by atoms with E-state index in [0.717, 1.165) is 5.56 Å². The third-order valence-electron chi connectivity index (χ3n) is 2.45. The number of rotatable bonds is 2. The molecule has 1 heterocycles. The van der Waals surface area contributed by atoms with Gasteiger partial charge in [0.15, 0.2) is 0 Å². The number of benzene rings is 1. The predicted octanol–water partition coefficient (Wildman–Crippen LogP) is 5.99. The minimum atomic E-state index is -0.279. The molecule has 90 valence electrons. The van der Waals surface area contributed by atoms with Crippen molar-refractivity contribution in [3.63, 3.8) is 0 Å². The maximum Gasteiger partial charge on any atom is 0.130 e. The average molecular weight is 354 g/mol. The highest BCUT2D eigenvalue weighted by Gasteiger charge is 2.20. The van der Waals surface area contributed by atoms with Gasteiger partial charge >= 0.3 is 0 Å². The molecule has 0 bridgehead atoms. The molecule has 0 aliphatic heterocycles. The molecule has 1 atom stereocenters. The van der Waals surface area contributed by atoms with Gasteiger partial charge in [0, 0.05) is 11.1 Å². The van der Waals surface area contributed by atoms with Gasteiger partial charge in [-0.1, -0.05) is 57.3 Å². The number of hydrogen-bond acceptors (Lipinski definition) is 1. The van der Waals surface area contributed by atoms with E-state index in [1.807, 2.05) is 6.07 Å². The molecule has 2 aromatic rings. The molecular formula is C12H8BrCl2FS. The fourth-order valence-electron chi connectivity index (χ4n) is 1.56. The summed E-state index contributed by atoms with van der Waals surface area (Å²) in [5.74, 6) is -0.215. The summed E-state index contributed by atoms with van der Waals surface area (Å²) in [6.45, 7) is 1.74. The molecule has 1 aromatic carbocycles. The average Bonchev–Trinajstić information content (AvgIpc) is 2.61. The zero-order chi connectivity index (χ0) is 12.6. The lowest BCUT2D eigenvalue weighted by atomic mass is 10.0. The second-order valence-electron chi connectivity index (χ2n) is 3.62. The van der Waals surface area contributed by atoms with Crippen LogP contribution in [0, 0.1) is 12.7 Å². The van der Waals surface area contributed by atoms with Gasteiger partial charge in [-0.3, -0.25) is 0 Å². The molecule has 0 aliphatic carbocycles. The van der Waals surface area contributed by atoms with E-state index >= 15 is 0 Å². The van der Waals surface area contributed by atoms with E-state index in [4.69, 9.17) is 23.2 Å². The zero-order valence-electron chi connectivity index (χ0n) is 8.81. The van der Waals surface area contributed by atoms with E-state index in [-0.39, 0.29) is 10.6 Å². The Labute approximate surface area is 121 Å². The van der Waals surface area contributed by atoms with Crippen LogP contribution in [0.25, 0.3) is 0 Å². The lowest BCUT2D eigenvalue weighted by Gasteiger charge is -2.11. The summed E-state index contributed by atoms with van der Waals surface area (Å²) in [5, 5.41) is 0. The predicted molar refractivity (Wildman–Crippen MR) is 76.2 cm³/mol. The largest absolute Gasteiger partial charge is 0.206 e. The highest BCUT2D eigenvalue weighted by Crippen LogP contribution is 2.42. The molecule has 0 fully saturated rings. The molecule has 0 saturated heterocycles. The van der Waals surface area contributed by atoms with Crippen LogP contribution in [0.2, 0.25) is 8.67 Å². The van der Waals surface area contributed by atoms with Crippen LogP contribution in [0.1, 0.15) is 21.5 Å². The van der Waals surface area contributed by atoms with Crippen molar-refractivity contribution in [1.29, 1.82) is 0 Å². The first-order valence-electron chi connectivity index (χ1n) is 4.84. The minimum absolute atomic E-state index is 0.215. The topological polar surface area (TPSA) is 0 Å². The van der Waals surface area contributed by atoms with Gasteiger partial charge in [-0.25, -0.2) is 4.39 Å². The molecule has 1 aromatic heterocycles. The molecule has 0 N–H and O–H groups in total. The number of hydrogen-bond donors (Lipinski definition) is 0. The molecule has 1 unspecified atom stereocenters. The van der Waals surface area contributed by atoms with Crippen molar-refractivity contribution in [1.82, 2.24) is 0 Å². The fraction of sp³-hybridized carbons (Fsp3) is 0.167. The van der Waals surface area contributed by atoms with Gasteiger partial charge in [-0.15, -0.1) is 11.3 Å². The van der Waals surface area contributed by atoms with Gasteiger partial charge in [0.2, 0.25) is 0 Å². The van der Waals surface area contributed by atoms with Gasteiger partial charge in [0.1, 0.15) is 5.82 Å². The number of aryl methyl sites for hydroxylation is 1. The smallest absolute Gasteiger partial charge is 0.130 e. The Bertz CT molecular complexity index is 553. The van der Waals surface area contributed by atoms with Crippen LogP contribution in [0.3, 0.4) is 0 Å². The van der Waals surface area contributed by atoms with Crippen LogP contribution >= 0.6 is 50.5 Å². The quantitative estimate of drug-likeness (QED) is 0.582. The number of alkyl halides is 1.